The Hall–Kier alpha value is -3.93. The number of para-hydroxylation sites is 1. The molecule has 0 saturated carbocycles. The Morgan fingerprint density at radius 2 is 1.57 bits per heavy atom. The van der Waals surface area contributed by atoms with Crippen molar-refractivity contribution < 1.29 is 14.6 Å². The minimum Gasteiger partial charge on any atom is -0.478 e. The van der Waals surface area contributed by atoms with Crippen molar-refractivity contribution in [2.24, 2.45) is 0 Å². The Bertz CT molecular complexity index is 1280. The highest BCUT2D eigenvalue weighted by atomic mass is 16.5. The number of aromatic nitrogens is 2. The van der Waals surface area contributed by atoms with E-state index in [4.69, 9.17) is 9.72 Å². The lowest BCUT2D eigenvalue weighted by Gasteiger charge is -2.21. The van der Waals surface area contributed by atoms with E-state index in [0.717, 1.165) is 5.56 Å². The molecule has 4 rings (SSSR count). The first-order chi connectivity index (χ1) is 14.4. The molecule has 0 unspecified atom stereocenters. The highest BCUT2D eigenvalue weighted by molar-refractivity contribution is 5.80. The van der Waals surface area contributed by atoms with E-state index >= 15 is 0 Å². The van der Waals surface area contributed by atoms with Crippen LogP contribution in [0.4, 0.5) is 0 Å². The quantitative estimate of drug-likeness (QED) is 0.540. The summed E-state index contributed by atoms with van der Waals surface area (Å²) in [6, 6.07) is 23.5. The van der Waals surface area contributed by atoms with Crippen LogP contribution in [-0.2, 0) is 4.79 Å². The Morgan fingerprint density at radius 1 is 0.933 bits per heavy atom. The van der Waals surface area contributed by atoms with Gasteiger partial charge in [-0.05, 0) is 50.2 Å². The van der Waals surface area contributed by atoms with E-state index < -0.39 is 11.6 Å². The first kappa shape index (κ1) is 19.4. The fraction of sp³-hybridized carbons (Fsp3) is 0.125. The summed E-state index contributed by atoms with van der Waals surface area (Å²) in [5.41, 5.74) is 0.503. The molecule has 0 saturated heterocycles. The molecule has 0 spiro atoms. The summed E-state index contributed by atoms with van der Waals surface area (Å²) in [6.45, 7) is 2.96. The third-order valence-corrected chi connectivity index (χ3v) is 4.79. The maximum atomic E-state index is 13.3. The highest BCUT2D eigenvalue weighted by Crippen LogP contribution is 2.25. The van der Waals surface area contributed by atoms with E-state index in [1.54, 1.807) is 34.9 Å². The molecule has 0 aliphatic carbocycles. The zero-order valence-corrected chi connectivity index (χ0v) is 16.6. The van der Waals surface area contributed by atoms with Crippen molar-refractivity contribution in [2.45, 2.75) is 19.4 Å². The number of carboxylic acids is 1. The second-order valence-electron chi connectivity index (χ2n) is 7.37. The molecule has 6 heteroatoms. The lowest BCUT2D eigenvalue weighted by molar-refractivity contribution is -0.152. The number of hydrogen-bond acceptors (Lipinski definition) is 4. The second kappa shape index (κ2) is 7.48. The second-order valence-corrected chi connectivity index (χ2v) is 7.37. The molecule has 0 atom stereocenters. The molecule has 0 aliphatic heterocycles. The largest absolute Gasteiger partial charge is 0.478 e. The number of benzene rings is 3. The topological polar surface area (TPSA) is 81.4 Å². The number of fused-ring (bicyclic) bond motifs is 1. The normalized spacial score (nSPS) is 11.4. The van der Waals surface area contributed by atoms with Crippen LogP contribution in [0.15, 0.2) is 83.7 Å². The third kappa shape index (κ3) is 3.55. The first-order valence-corrected chi connectivity index (χ1v) is 9.47. The smallest absolute Gasteiger partial charge is 0.347 e. The summed E-state index contributed by atoms with van der Waals surface area (Å²) >= 11 is 0. The molecule has 0 bridgehead atoms. The maximum absolute atomic E-state index is 13.3. The van der Waals surface area contributed by atoms with Gasteiger partial charge in [-0.2, -0.15) is 0 Å². The van der Waals surface area contributed by atoms with Gasteiger partial charge in [0.1, 0.15) is 11.6 Å². The zero-order chi connectivity index (χ0) is 21.3. The van der Waals surface area contributed by atoms with Gasteiger partial charge in [-0.1, -0.05) is 42.5 Å². The summed E-state index contributed by atoms with van der Waals surface area (Å²) in [6.07, 6.45) is 0. The minimum absolute atomic E-state index is 0.181. The number of aliphatic carboxylic acids is 1. The highest BCUT2D eigenvalue weighted by Gasteiger charge is 2.29. The molecular weight excluding hydrogens is 380 g/mol. The number of nitrogens with zero attached hydrogens (tertiary/aromatic N) is 2. The van der Waals surface area contributed by atoms with Gasteiger partial charge in [0.2, 0.25) is 0 Å². The van der Waals surface area contributed by atoms with E-state index in [0.29, 0.717) is 28.2 Å². The monoisotopic (exact) mass is 400 g/mol. The van der Waals surface area contributed by atoms with Gasteiger partial charge in [-0.25, -0.2) is 9.78 Å². The fourth-order valence-electron chi connectivity index (χ4n) is 3.15. The van der Waals surface area contributed by atoms with Gasteiger partial charge < -0.3 is 9.84 Å². The van der Waals surface area contributed by atoms with Crippen molar-refractivity contribution in [1.29, 1.82) is 0 Å². The van der Waals surface area contributed by atoms with Crippen molar-refractivity contribution >= 4 is 16.9 Å². The van der Waals surface area contributed by atoms with E-state index in [-0.39, 0.29) is 5.56 Å². The number of rotatable bonds is 5. The van der Waals surface area contributed by atoms with Crippen LogP contribution in [0.5, 0.6) is 5.75 Å². The maximum Gasteiger partial charge on any atom is 0.347 e. The number of carbonyl (C=O) groups is 1. The van der Waals surface area contributed by atoms with Crippen LogP contribution in [-0.4, -0.2) is 26.2 Å². The molecule has 1 aromatic heterocycles. The van der Waals surface area contributed by atoms with E-state index in [1.165, 1.54) is 13.8 Å². The van der Waals surface area contributed by atoms with Gasteiger partial charge in [0.15, 0.2) is 5.60 Å². The van der Waals surface area contributed by atoms with Gasteiger partial charge in [0, 0.05) is 5.56 Å². The standard InChI is InChI=1S/C24H20N2O4/c1-24(2,23(28)29)30-18-14-12-17(13-15-18)26-21(16-8-4-3-5-9-16)25-20-11-7-6-10-19(20)22(26)27/h3-15H,1-2H3,(H,28,29). The molecule has 3 aromatic carbocycles. The summed E-state index contributed by atoms with van der Waals surface area (Å²) in [4.78, 5) is 29.4. The first-order valence-electron chi connectivity index (χ1n) is 9.47. The van der Waals surface area contributed by atoms with Crippen LogP contribution in [0.1, 0.15) is 13.8 Å². The van der Waals surface area contributed by atoms with Crippen LogP contribution in [0, 0.1) is 0 Å². The Balaban J connectivity index is 1.87. The molecule has 0 fully saturated rings. The van der Waals surface area contributed by atoms with Crippen LogP contribution < -0.4 is 10.3 Å². The molecule has 150 valence electrons. The third-order valence-electron chi connectivity index (χ3n) is 4.79. The predicted molar refractivity (Wildman–Crippen MR) is 115 cm³/mol. The van der Waals surface area contributed by atoms with Gasteiger partial charge >= 0.3 is 5.97 Å². The number of ether oxygens (including phenoxy) is 1. The average molecular weight is 400 g/mol. The Morgan fingerprint density at radius 3 is 2.23 bits per heavy atom. The summed E-state index contributed by atoms with van der Waals surface area (Å²) < 4.78 is 7.13. The summed E-state index contributed by atoms with van der Waals surface area (Å²) in [7, 11) is 0. The molecular formula is C24H20N2O4. The minimum atomic E-state index is -1.36. The van der Waals surface area contributed by atoms with E-state index in [1.807, 2.05) is 48.5 Å². The van der Waals surface area contributed by atoms with Crippen LogP contribution in [0.25, 0.3) is 28.0 Å². The van der Waals surface area contributed by atoms with Crippen molar-refractivity contribution in [2.75, 3.05) is 0 Å². The molecule has 6 nitrogen and oxygen atoms in total. The lowest BCUT2D eigenvalue weighted by atomic mass is 10.1. The Kier molecular flexibility index (Phi) is 4.83. The molecule has 30 heavy (non-hydrogen) atoms. The Labute approximate surface area is 173 Å². The fourth-order valence-corrected chi connectivity index (χ4v) is 3.15. The predicted octanol–water partition coefficient (Wildman–Crippen LogP) is 4.29. The van der Waals surface area contributed by atoms with Crippen molar-refractivity contribution in [3.8, 4) is 22.8 Å². The van der Waals surface area contributed by atoms with Gasteiger partial charge in [0.25, 0.3) is 5.56 Å². The van der Waals surface area contributed by atoms with E-state index in [2.05, 4.69) is 0 Å². The molecule has 0 amide bonds. The number of hydrogen-bond donors (Lipinski definition) is 1. The summed E-state index contributed by atoms with van der Waals surface area (Å²) in [5, 5.41) is 9.77. The summed E-state index contributed by atoms with van der Waals surface area (Å²) in [5.74, 6) is -0.138. The van der Waals surface area contributed by atoms with Crippen LogP contribution in [0.3, 0.4) is 0 Å². The van der Waals surface area contributed by atoms with Crippen molar-refractivity contribution in [3.63, 3.8) is 0 Å². The lowest BCUT2D eigenvalue weighted by Crippen LogP contribution is -2.37. The van der Waals surface area contributed by atoms with Gasteiger partial charge in [0.05, 0.1) is 16.6 Å². The van der Waals surface area contributed by atoms with Crippen molar-refractivity contribution in [3.05, 3.63) is 89.2 Å². The molecule has 1 N–H and O–H groups in total. The van der Waals surface area contributed by atoms with Crippen molar-refractivity contribution in [1.82, 2.24) is 9.55 Å². The van der Waals surface area contributed by atoms with E-state index in [9.17, 15) is 14.7 Å². The van der Waals surface area contributed by atoms with Gasteiger partial charge in [-0.3, -0.25) is 9.36 Å². The molecule has 0 aliphatic rings. The zero-order valence-electron chi connectivity index (χ0n) is 16.6. The molecule has 1 heterocycles. The average Bonchev–Trinajstić information content (AvgIpc) is 2.75. The van der Waals surface area contributed by atoms with Crippen LogP contribution >= 0.6 is 0 Å². The molecule has 0 radical (unpaired) electrons. The van der Waals surface area contributed by atoms with Gasteiger partial charge in [-0.15, -0.1) is 0 Å². The SMILES string of the molecule is CC(C)(Oc1ccc(-n2c(-c3ccccc3)nc3ccccc3c2=O)cc1)C(=O)O. The number of carboxylic acid groups (broad SMARTS) is 1. The molecule has 4 aromatic rings. The van der Waals surface area contributed by atoms with Crippen LogP contribution in [0.2, 0.25) is 0 Å².